The first-order valence-electron chi connectivity index (χ1n) is 10.8. The summed E-state index contributed by atoms with van der Waals surface area (Å²) in [5.74, 6) is -0.303. The predicted molar refractivity (Wildman–Crippen MR) is 115 cm³/mol. The van der Waals surface area contributed by atoms with Crippen molar-refractivity contribution in [3.05, 3.63) is 41.2 Å². The summed E-state index contributed by atoms with van der Waals surface area (Å²) in [6.45, 7) is 4.93. The van der Waals surface area contributed by atoms with Crippen LogP contribution in [0.4, 0.5) is 10.2 Å². The van der Waals surface area contributed by atoms with E-state index in [4.69, 9.17) is 9.63 Å². The van der Waals surface area contributed by atoms with Crippen LogP contribution in [0.1, 0.15) is 42.6 Å². The number of hydrogen-bond donors (Lipinski definition) is 1. The van der Waals surface area contributed by atoms with Crippen molar-refractivity contribution in [1.82, 2.24) is 25.4 Å². The Morgan fingerprint density at radius 2 is 2.00 bits per heavy atom. The topological polar surface area (TPSA) is 127 Å². The van der Waals surface area contributed by atoms with E-state index in [0.29, 0.717) is 43.2 Å². The van der Waals surface area contributed by atoms with Gasteiger partial charge in [-0.2, -0.15) is 4.80 Å². The Balaban J connectivity index is 1.41. The number of nitrogens with zero attached hydrogens (tertiary/aromatic N) is 6. The Kier molecular flexibility index (Phi) is 6.47. The molecule has 11 heteroatoms. The van der Waals surface area contributed by atoms with Gasteiger partial charge in [0.2, 0.25) is 11.6 Å². The van der Waals surface area contributed by atoms with Crippen LogP contribution in [0.15, 0.2) is 28.8 Å². The van der Waals surface area contributed by atoms with Gasteiger partial charge in [0, 0.05) is 30.6 Å². The zero-order chi connectivity index (χ0) is 23.5. The highest BCUT2D eigenvalue weighted by atomic mass is 19.1. The quantitative estimate of drug-likeness (QED) is 0.509. The second-order valence-electron chi connectivity index (χ2n) is 8.61. The van der Waals surface area contributed by atoms with Gasteiger partial charge >= 0.3 is 5.97 Å². The Labute approximate surface area is 189 Å². The molecule has 174 valence electrons. The molecule has 1 fully saturated rings. The standard InChI is InChI=1S/C22H25FN6O4/c1-13(2)9-15-3-4-16(23)10-17(15)21(32)14-5-7-28(8-6-14)19-11-18(33-26-19)22-24-27-29(25-22)12-20(30)31/h3-4,10-11,13-14H,5-9,12H2,1-2H3,(H,30,31). The number of aromatic nitrogens is 5. The molecule has 0 amide bonds. The maximum Gasteiger partial charge on any atom is 0.327 e. The molecule has 0 aliphatic carbocycles. The molecule has 0 spiro atoms. The highest BCUT2D eigenvalue weighted by molar-refractivity contribution is 5.99. The molecule has 33 heavy (non-hydrogen) atoms. The summed E-state index contributed by atoms with van der Waals surface area (Å²) in [4.78, 5) is 26.9. The van der Waals surface area contributed by atoms with Crippen molar-refractivity contribution in [2.75, 3.05) is 18.0 Å². The van der Waals surface area contributed by atoms with Crippen LogP contribution in [0.2, 0.25) is 0 Å². The van der Waals surface area contributed by atoms with Crippen LogP contribution in [0.5, 0.6) is 0 Å². The number of halogens is 1. The molecule has 1 N–H and O–H groups in total. The van der Waals surface area contributed by atoms with Gasteiger partial charge in [-0.15, -0.1) is 10.2 Å². The van der Waals surface area contributed by atoms with Gasteiger partial charge in [-0.1, -0.05) is 25.1 Å². The van der Waals surface area contributed by atoms with E-state index < -0.39 is 18.3 Å². The Morgan fingerprint density at radius 1 is 1.24 bits per heavy atom. The number of carboxylic acid groups (broad SMARTS) is 1. The molecular weight excluding hydrogens is 431 g/mol. The van der Waals surface area contributed by atoms with Gasteiger partial charge < -0.3 is 14.5 Å². The molecule has 0 radical (unpaired) electrons. The minimum absolute atomic E-state index is 0.00936. The van der Waals surface area contributed by atoms with Crippen molar-refractivity contribution >= 4 is 17.6 Å². The van der Waals surface area contributed by atoms with E-state index in [1.165, 1.54) is 12.1 Å². The molecule has 0 unspecified atom stereocenters. The van der Waals surface area contributed by atoms with Crippen LogP contribution in [-0.2, 0) is 17.8 Å². The second-order valence-corrected chi connectivity index (χ2v) is 8.61. The minimum Gasteiger partial charge on any atom is -0.480 e. The third kappa shape index (κ3) is 5.24. The van der Waals surface area contributed by atoms with Gasteiger partial charge in [-0.05, 0) is 48.1 Å². The number of rotatable bonds is 8. The Hall–Kier alpha value is -3.63. The Morgan fingerprint density at radius 3 is 2.70 bits per heavy atom. The fourth-order valence-electron chi connectivity index (χ4n) is 4.04. The van der Waals surface area contributed by atoms with E-state index in [-0.39, 0.29) is 23.3 Å². The summed E-state index contributed by atoms with van der Waals surface area (Å²) in [5.41, 5.74) is 1.38. The number of piperidine rings is 1. The second kappa shape index (κ2) is 9.47. The van der Waals surface area contributed by atoms with Crippen molar-refractivity contribution in [3.8, 4) is 11.6 Å². The van der Waals surface area contributed by atoms with Gasteiger partial charge in [0.15, 0.2) is 18.1 Å². The number of anilines is 1. The molecule has 1 aliphatic rings. The number of tetrazole rings is 1. The summed E-state index contributed by atoms with van der Waals surface area (Å²) in [7, 11) is 0. The van der Waals surface area contributed by atoms with E-state index in [1.807, 2.05) is 4.90 Å². The number of carbonyl (C=O) groups is 2. The van der Waals surface area contributed by atoms with Crippen LogP contribution in [0.3, 0.4) is 0 Å². The van der Waals surface area contributed by atoms with Gasteiger partial charge in [-0.25, -0.2) is 4.39 Å². The summed E-state index contributed by atoms with van der Waals surface area (Å²) < 4.78 is 19.2. The lowest BCUT2D eigenvalue weighted by molar-refractivity contribution is -0.138. The fourth-order valence-corrected chi connectivity index (χ4v) is 4.04. The number of carbonyl (C=O) groups excluding carboxylic acids is 1. The minimum atomic E-state index is -1.08. The first-order valence-corrected chi connectivity index (χ1v) is 10.8. The third-order valence-electron chi connectivity index (χ3n) is 5.60. The first-order chi connectivity index (χ1) is 15.8. The van der Waals surface area contributed by atoms with E-state index in [9.17, 15) is 14.0 Å². The van der Waals surface area contributed by atoms with E-state index >= 15 is 0 Å². The first kappa shape index (κ1) is 22.6. The van der Waals surface area contributed by atoms with Gasteiger partial charge in [0.1, 0.15) is 5.82 Å². The molecule has 1 aliphatic heterocycles. The molecule has 10 nitrogen and oxygen atoms in total. The normalized spacial score (nSPS) is 14.7. The molecule has 1 saturated heterocycles. The molecular formula is C22H25FN6O4. The van der Waals surface area contributed by atoms with Crippen LogP contribution in [-0.4, -0.2) is 55.3 Å². The number of carboxylic acids is 1. The number of hydrogen-bond acceptors (Lipinski definition) is 8. The maximum absolute atomic E-state index is 13.9. The van der Waals surface area contributed by atoms with Gasteiger partial charge in [0.05, 0.1) is 0 Å². The van der Waals surface area contributed by atoms with Crippen LogP contribution in [0, 0.1) is 17.7 Å². The van der Waals surface area contributed by atoms with Crippen molar-refractivity contribution in [1.29, 1.82) is 0 Å². The number of ketones is 1. The summed E-state index contributed by atoms with van der Waals surface area (Å²) in [5, 5.41) is 24.3. The highest BCUT2D eigenvalue weighted by Crippen LogP contribution is 2.29. The molecule has 0 saturated carbocycles. The van der Waals surface area contributed by atoms with Gasteiger partial charge in [0.25, 0.3) is 0 Å². The smallest absolute Gasteiger partial charge is 0.327 e. The molecule has 3 aromatic rings. The maximum atomic E-state index is 13.9. The van der Waals surface area contributed by atoms with Crippen molar-refractivity contribution in [2.24, 2.45) is 11.8 Å². The molecule has 2 aromatic heterocycles. The summed E-state index contributed by atoms with van der Waals surface area (Å²) >= 11 is 0. The summed E-state index contributed by atoms with van der Waals surface area (Å²) in [6, 6.07) is 6.15. The monoisotopic (exact) mass is 456 g/mol. The molecule has 0 bridgehead atoms. The lowest BCUT2D eigenvalue weighted by Crippen LogP contribution is -2.36. The van der Waals surface area contributed by atoms with E-state index in [1.54, 1.807) is 12.1 Å². The third-order valence-corrected chi connectivity index (χ3v) is 5.60. The average molecular weight is 456 g/mol. The predicted octanol–water partition coefficient (Wildman–Crippen LogP) is 2.85. The number of aliphatic carboxylic acids is 1. The molecule has 4 rings (SSSR count). The Bertz CT molecular complexity index is 1150. The largest absolute Gasteiger partial charge is 0.480 e. The van der Waals surface area contributed by atoms with Crippen molar-refractivity contribution in [3.63, 3.8) is 0 Å². The van der Waals surface area contributed by atoms with Crippen LogP contribution < -0.4 is 4.90 Å². The number of benzene rings is 1. The average Bonchev–Trinajstić information content (AvgIpc) is 3.44. The molecule has 1 aromatic carbocycles. The SMILES string of the molecule is CC(C)Cc1ccc(F)cc1C(=O)C1CCN(c2cc(-c3nnn(CC(=O)O)n3)on2)CC1. The lowest BCUT2D eigenvalue weighted by atomic mass is 9.85. The van der Waals surface area contributed by atoms with Gasteiger partial charge in [-0.3, -0.25) is 9.59 Å². The lowest BCUT2D eigenvalue weighted by Gasteiger charge is -2.31. The number of Topliss-reactive ketones (excluding diaryl/α,β-unsaturated/α-hetero) is 1. The highest BCUT2D eigenvalue weighted by Gasteiger charge is 2.29. The summed E-state index contributed by atoms with van der Waals surface area (Å²) in [6.07, 6.45) is 1.96. The van der Waals surface area contributed by atoms with Crippen LogP contribution >= 0.6 is 0 Å². The van der Waals surface area contributed by atoms with E-state index in [0.717, 1.165) is 16.8 Å². The van der Waals surface area contributed by atoms with Crippen LogP contribution in [0.25, 0.3) is 11.6 Å². The molecule has 3 heterocycles. The molecule has 0 atom stereocenters. The zero-order valence-corrected chi connectivity index (χ0v) is 18.4. The zero-order valence-electron chi connectivity index (χ0n) is 18.4. The van der Waals surface area contributed by atoms with Crippen molar-refractivity contribution < 1.29 is 23.6 Å². The fraction of sp³-hybridized carbons (Fsp3) is 0.455. The van der Waals surface area contributed by atoms with E-state index in [2.05, 4.69) is 34.4 Å². The van der Waals surface area contributed by atoms with Crippen molar-refractivity contribution in [2.45, 2.75) is 39.7 Å².